The maximum absolute atomic E-state index is 12.6. The SMILES string of the molecule is Cc1ccc(C(NC(=O)c2cc(C)oc2C)C(C)S(C)(=O)=O)cc1. The lowest BCUT2D eigenvalue weighted by atomic mass is 10.0. The number of aryl methyl sites for hydroxylation is 3. The van der Waals surface area contributed by atoms with Crippen LogP contribution in [0.15, 0.2) is 34.7 Å². The average Bonchev–Trinajstić information content (AvgIpc) is 2.83. The Balaban J connectivity index is 2.37. The van der Waals surface area contributed by atoms with E-state index in [1.807, 2.05) is 31.2 Å². The van der Waals surface area contributed by atoms with E-state index in [9.17, 15) is 13.2 Å². The number of amides is 1. The maximum atomic E-state index is 12.6. The van der Waals surface area contributed by atoms with E-state index in [2.05, 4.69) is 5.32 Å². The molecule has 2 unspecified atom stereocenters. The van der Waals surface area contributed by atoms with Gasteiger partial charge in [0.15, 0.2) is 9.84 Å². The minimum atomic E-state index is -3.33. The van der Waals surface area contributed by atoms with Crippen molar-refractivity contribution >= 4 is 15.7 Å². The molecule has 0 spiro atoms. The molecule has 24 heavy (non-hydrogen) atoms. The smallest absolute Gasteiger partial charge is 0.255 e. The molecule has 0 saturated heterocycles. The summed E-state index contributed by atoms with van der Waals surface area (Å²) in [6.45, 7) is 7.03. The number of nitrogens with one attached hydrogen (secondary N) is 1. The molecule has 6 heteroatoms. The van der Waals surface area contributed by atoms with Gasteiger partial charge < -0.3 is 9.73 Å². The Labute approximate surface area is 143 Å². The summed E-state index contributed by atoms with van der Waals surface area (Å²) in [4.78, 5) is 12.6. The molecule has 5 nitrogen and oxygen atoms in total. The van der Waals surface area contributed by atoms with Crippen LogP contribution in [0.1, 0.15) is 46.0 Å². The van der Waals surface area contributed by atoms with E-state index >= 15 is 0 Å². The summed E-state index contributed by atoms with van der Waals surface area (Å²) in [5.74, 6) is 0.811. The minimum Gasteiger partial charge on any atom is -0.466 e. The Hall–Kier alpha value is -2.08. The van der Waals surface area contributed by atoms with Gasteiger partial charge in [0.1, 0.15) is 11.5 Å². The summed E-state index contributed by atoms with van der Waals surface area (Å²) >= 11 is 0. The molecule has 0 aliphatic heterocycles. The van der Waals surface area contributed by atoms with Gasteiger partial charge in [0, 0.05) is 6.26 Å². The Bertz CT molecular complexity index is 834. The van der Waals surface area contributed by atoms with Gasteiger partial charge in [-0.15, -0.1) is 0 Å². The lowest BCUT2D eigenvalue weighted by Crippen LogP contribution is -2.38. The van der Waals surface area contributed by atoms with E-state index in [4.69, 9.17) is 4.42 Å². The predicted octanol–water partition coefficient (Wildman–Crippen LogP) is 3.11. The standard InChI is InChI=1S/C18H23NO4S/c1-11-6-8-15(9-7-11)17(14(4)24(5,21)22)19-18(20)16-10-12(2)23-13(16)3/h6-10,14,17H,1-5H3,(H,19,20). The Morgan fingerprint density at radius 2 is 1.71 bits per heavy atom. The first-order chi connectivity index (χ1) is 11.1. The van der Waals surface area contributed by atoms with E-state index in [0.717, 1.165) is 11.1 Å². The number of furan rings is 1. The number of carbonyl (C=O) groups excluding carboxylic acids is 1. The van der Waals surface area contributed by atoms with Crippen LogP contribution in [0.25, 0.3) is 0 Å². The molecule has 2 atom stereocenters. The van der Waals surface area contributed by atoms with Crippen molar-refractivity contribution in [3.63, 3.8) is 0 Å². The van der Waals surface area contributed by atoms with Crippen LogP contribution in [-0.2, 0) is 9.84 Å². The van der Waals surface area contributed by atoms with Gasteiger partial charge in [-0.1, -0.05) is 29.8 Å². The van der Waals surface area contributed by atoms with Crippen molar-refractivity contribution in [2.45, 2.75) is 39.0 Å². The van der Waals surface area contributed by atoms with Crippen LogP contribution in [0.5, 0.6) is 0 Å². The summed E-state index contributed by atoms with van der Waals surface area (Å²) in [6, 6.07) is 8.50. The zero-order chi connectivity index (χ0) is 18.1. The van der Waals surface area contributed by atoms with E-state index in [-0.39, 0.29) is 5.91 Å². The van der Waals surface area contributed by atoms with Crippen molar-refractivity contribution in [1.82, 2.24) is 5.32 Å². The zero-order valence-electron chi connectivity index (χ0n) is 14.6. The molecular weight excluding hydrogens is 326 g/mol. The average molecular weight is 349 g/mol. The summed E-state index contributed by atoms with van der Waals surface area (Å²) in [6.07, 6.45) is 1.18. The number of carbonyl (C=O) groups is 1. The highest BCUT2D eigenvalue weighted by molar-refractivity contribution is 7.91. The quantitative estimate of drug-likeness (QED) is 0.900. The van der Waals surface area contributed by atoms with Crippen LogP contribution in [-0.4, -0.2) is 25.8 Å². The molecule has 0 bridgehead atoms. The summed E-state index contributed by atoms with van der Waals surface area (Å²) in [5, 5.41) is 2.10. The van der Waals surface area contributed by atoms with Crippen LogP contribution in [0.3, 0.4) is 0 Å². The Kier molecular flexibility index (Phi) is 5.18. The van der Waals surface area contributed by atoms with Crippen molar-refractivity contribution in [2.75, 3.05) is 6.26 Å². The highest BCUT2D eigenvalue weighted by atomic mass is 32.2. The molecule has 0 radical (unpaired) electrons. The third-order valence-corrected chi connectivity index (χ3v) is 5.78. The van der Waals surface area contributed by atoms with E-state index in [0.29, 0.717) is 17.1 Å². The van der Waals surface area contributed by atoms with E-state index in [1.54, 1.807) is 26.8 Å². The van der Waals surface area contributed by atoms with Gasteiger partial charge in [-0.05, 0) is 39.3 Å². The van der Waals surface area contributed by atoms with Crippen molar-refractivity contribution < 1.29 is 17.6 Å². The summed E-state index contributed by atoms with van der Waals surface area (Å²) in [5.41, 5.74) is 2.24. The first-order valence-corrected chi connectivity index (χ1v) is 9.68. The number of hydrogen-bond donors (Lipinski definition) is 1. The van der Waals surface area contributed by atoms with E-state index in [1.165, 1.54) is 6.26 Å². The van der Waals surface area contributed by atoms with E-state index < -0.39 is 21.1 Å². The molecule has 0 aliphatic carbocycles. The van der Waals surface area contributed by atoms with Gasteiger partial charge in [0.2, 0.25) is 0 Å². The lowest BCUT2D eigenvalue weighted by Gasteiger charge is -2.24. The van der Waals surface area contributed by atoms with Gasteiger partial charge in [-0.2, -0.15) is 0 Å². The first-order valence-electron chi connectivity index (χ1n) is 7.73. The molecule has 1 amide bonds. The van der Waals surface area contributed by atoms with Gasteiger partial charge >= 0.3 is 0 Å². The third-order valence-electron chi connectivity index (χ3n) is 4.15. The number of benzene rings is 1. The predicted molar refractivity (Wildman–Crippen MR) is 93.9 cm³/mol. The monoisotopic (exact) mass is 349 g/mol. The van der Waals surface area contributed by atoms with Crippen LogP contribution in [0.4, 0.5) is 0 Å². The molecule has 2 aromatic rings. The largest absolute Gasteiger partial charge is 0.466 e. The molecular formula is C18H23NO4S. The van der Waals surface area contributed by atoms with Crippen LogP contribution < -0.4 is 5.32 Å². The van der Waals surface area contributed by atoms with Gasteiger partial charge in [0.05, 0.1) is 16.9 Å². The summed E-state index contributed by atoms with van der Waals surface area (Å²) < 4.78 is 29.5. The van der Waals surface area contributed by atoms with Crippen LogP contribution in [0.2, 0.25) is 0 Å². The minimum absolute atomic E-state index is 0.342. The molecule has 1 aromatic carbocycles. The topological polar surface area (TPSA) is 76.4 Å². The molecule has 2 rings (SSSR count). The van der Waals surface area contributed by atoms with Crippen molar-refractivity contribution in [3.8, 4) is 0 Å². The number of hydrogen-bond acceptors (Lipinski definition) is 4. The second-order valence-electron chi connectivity index (χ2n) is 6.22. The molecule has 1 N–H and O–H groups in total. The second-order valence-corrected chi connectivity index (χ2v) is 8.63. The highest BCUT2D eigenvalue weighted by Crippen LogP contribution is 2.24. The van der Waals surface area contributed by atoms with Crippen molar-refractivity contribution in [2.24, 2.45) is 0 Å². The maximum Gasteiger partial charge on any atom is 0.255 e. The third kappa shape index (κ3) is 4.06. The molecule has 0 saturated carbocycles. The molecule has 1 aromatic heterocycles. The second kappa shape index (κ2) is 6.81. The fourth-order valence-corrected chi connectivity index (χ4v) is 3.29. The van der Waals surface area contributed by atoms with Gasteiger partial charge in [-0.25, -0.2) is 8.42 Å². The lowest BCUT2D eigenvalue weighted by molar-refractivity contribution is 0.0934. The van der Waals surface area contributed by atoms with Crippen LogP contribution in [0, 0.1) is 20.8 Å². The first kappa shape index (κ1) is 18.3. The molecule has 130 valence electrons. The summed E-state index contributed by atoms with van der Waals surface area (Å²) in [7, 11) is -3.33. The van der Waals surface area contributed by atoms with Crippen LogP contribution >= 0.6 is 0 Å². The van der Waals surface area contributed by atoms with Gasteiger partial charge in [0.25, 0.3) is 5.91 Å². The normalized spacial score (nSPS) is 14.2. The number of sulfone groups is 1. The van der Waals surface area contributed by atoms with Crippen molar-refractivity contribution in [3.05, 3.63) is 58.5 Å². The molecule has 0 aliphatic rings. The Morgan fingerprint density at radius 3 is 2.17 bits per heavy atom. The molecule has 0 fully saturated rings. The van der Waals surface area contributed by atoms with Crippen molar-refractivity contribution in [1.29, 1.82) is 0 Å². The highest BCUT2D eigenvalue weighted by Gasteiger charge is 2.30. The fraction of sp³-hybridized carbons (Fsp3) is 0.389. The number of rotatable bonds is 5. The molecule has 1 heterocycles. The van der Waals surface area contributed by atoms with Gasteiger partial charge in [-0.3, -0.25) is 4.79 Å². The fourth-order valence-electron chi connectivity index (χ4n) is 2.57. The zero-order valence-corrected chi connectivity index (χ0v) is 15.4. The Morgan fingerprint density at radius 1 is 1.12 bits per heavy atom.